The van der Waals surface area contributed by atoms with E-state index in [1.165, 1.54) is 34.1 Å². The highest BCUT2D eigenvalue weighted by atomic mass is 35.5. The van der Waals surface area contributed by atoms with E-state index in [9.17, 15) is 19.5 Å². The Labute approximate surface area is 248 Å². The summed E-state index contributed by atoms with van der Waals surface area (Å²) >= 11 is 9.08. The molecule has 8 nitrogen and oxygen atoms in total. The highest BCUT2D eigenvalue weighted by Gasteiger charge is 2.33. The number of allylic oxidation sites excluding steroid dienone is 1. The molecule has 0 bridgehead atoms. The molecular weight excluding hydrogens is 584 g/mol. The number of aromatic carboxylic acids is 1. The number of nitrogens with zero attached hydrogens (tertiary/aromatic N) is 2. The summed E-state index contributed by atoms with van der Waals surface area (Å²) in [7, 11) is 0. The molecule has 1 N–H and O–H groups in total. The second-order valence-corrected chi connectivity index (χ2v) is 11.8. The van der Waals surface area contributed by atoms with Gasteiger partial charge in [0.25, 0.3) is 5.56 Å². The number of carboxylic acids is 1. The zero-order valence-corrected chi connectivity index (χ0v) is 24.9. The van der Waals surface area contributed by atoms with Crippen molar-refractivity contribution in [3.05, 3.63) is 107 Å². The van der Waals surface area contributed by atoms with Gasteiger partial charge in [-0.05, 0) is 75.1 Å². The summed E-state index contributed by atoms with van der Waals surface area (Å²) in [6.45, 7) is 5.28. The minimum Gasteiger partial charge on any atom is -0.478 e. The Morgan fingerprint density at radius 1 is 1.17 bits per heavy atom. The molecule has 210 valence electrons. The Bertz CT molecular complexity index is 1880. The number of halogens is 1. The normalized spacial score (nSPS) is 15.2. The van der Waals surface area contributed by atoms with Crippen molar-refractivity contribution in [3.8, 4) is 11.3 Å². The molecule has 3 heterocycles. The van der Waals surface area contributed by atoms with Crippen LogP contribution in [0.15, 0.2) is 85.0 Å². The summed E-state index contributed by atoms with van der Waals surface area (Å²) in [4.78, 5) is 44.6. The molecule has 0 saturated heterocycles. The predicted octanol–water partition coefficient (Wildman–Crippen LogP) is 5.52. The van der Waals surface area contributed by atoms with Crippen molar-refractivity contribution in [1.82, 2.24) is 4.57 Å². The first-order chi connectivity index (χ1) is 19.6. The predicted molar refractivity (Wildman–Crippen MR) is 159 cm³/mol. The first-order valence-corrected chi connectivity index (χ1v) is 15.0. The smallest absolute Gasteiger partial charge is 0.338 e. The van der Waals surface area contributed by atoms with Crippen molar-refractivity contribution >= 4 is 52.7 Å². The Kier molecular flexibility index (Phi) is 8.08. The number of fused-ring (bicyclic) bond motifs is 1. The van der Waals surface area contributed by atoms with Crippen molar-refractivity contribution in [3.63, 3.8) is 0 Å². The summed E-state index contributed by atoms with van der Waals surface area (Å²) in [6.07, 6.45) is 3.23. The first-order valence-electron chi connectivity index (χ1n) is 12.6. The molecule has 41 heavy (non-hydrogen) atoms. The second kappa shape index (κ2) is 11.6. The van der Waals surface area contributed by atoms with E-state index in [2.05, 4.69) is 4.99 Å². The largest absolute Gasteiger partial charge is 0.478 e. The third-order valence-corrected chi connectivity index (χ3v) is 8.45. The molecule has 5 rings (SSSR count). The number of furan rings is 1. The van der Waals surface area contributed by atoms with Gasteiger partial charge in [-0.15, -0.1) is 11.8 Å². The zero-order valence-electron chi connectivity index (χ0n) is 22.5. The SMILES string of the molecule is CSc1ccc([C@H]2C(C(=O)OC(C)C)=C(C)N=c3s/c(=C\c4ccc(-c5cc(C(=O)O)ccc5Cl)o4)c(=O)n32)cc1. The highest BCUT2D eigenvalue weighted by molar-refractivity contribution is 7.98. The average molecular weight is 609 g/mol. The van der Waals surface area contributed by atoms with E-state index < -0.39 is 18.0 Å². The van der Waals surface area contributed by atoms with Gasteiger partial charge in [0, 0.05) is 16.5 Å². The van der Waals surface area contributed by atoms with Crippen molar-refractivity contribution in [2.24, 2.45) is 4.99 Å². The molecule has 2 aromatic carbocycles. The van der Waals surface area contributed by atoms with E-state index in [0.29, 0.717) is 42.7 Å². The summed E-state index contributed by atoms with van der Waals surface area (Å²) in [5, 5.41) is 9.68. The fourth-order valence-corrected chi connectivity index (χ4v) is 6.16. The molecule has 0 amide bonds. The first kappa shape index (κ1) is 28.7. The number of benzene rings is 2. The molecule has 0 saturated carbocycles. The van der Waals surface area contributed by atoms with Gasteiger partial charge < -0.3 is 14.3 Å². The second-order valence-electron chi connectivity index (χ2n) is 9.51. The molecule has 1 atom stereocenters. The minimum absolute atomic E-state index is 0.0726. The molecule has 11 heteroatoms. The average Bonchev–Trinajstić information content (AvgIpc) is 3.51. The number of thioether (sulfide) groups is 1. The van der Waals surface area contributed by atoms with Crippen LogP contribution in [0, 0.1) is 0 Å². The number of hydrogen-bond donors (Lipinski definition) is 1. The summed E-state index contributed by atoms with van der Waals surface area (Å²) in [5.74, 6) is -0.873. The summed E-state index contributed by atoms with van der Waals surface area (Å²) in [6, 6.07) is 14.7. The maximum absolute atomic E-state index is 13.8. The maximum Gasteiger partial charge on any atom is 0.338 e. The molecule has 4 aromatic rings. The Balaban J connectivity index is 1.62. The van der Waals surface area contributed by atoms with Gasteiger partial charge in [-0.3, -0.25) is 9.36 Å². The van der Waals surface area contributed by atoms with Crippen LogP contribution in [-0.4, -0.2) is 34.0 Å². The minimum atomic E-state index is -1.08. The number of carboxylic acid groups (broad SMARTS) is 1. The molecular formula is C30H25ClN2O6S2. The Morgan fingerprint density at radius 2 is 1.90 bits per heavy atom. The standard InChI is InChI=1S/C30H25ClN2O6S2/c1-15(2)38-29(37)25-16(3)32-30-33(26(25)17-5-9-20(40-4)10-6-17)27(34)24(41-30)14-19-8-12-23(39-19)21-13-18(28(35)36)7-11-22(21)31/h5-15,26H,1-4H3,(H,35,36)/b24-14-/t26-/m0/s1. The van der Waals surface area contributed by atoms with Gasteiger partial charge in [-0.1, -0.05) is 35.1 Å². The van der Waals surface area contributed by atoms with E-state index in [4.69, 9.17) is 20.8 Å². The van der Waals surface area contributed by atoms with Gasteiger partial charge in [-0.2, -0.15) is 0 Å². The van der Waals surface area contributed by atoms with E-state index in [1.54, 1.807) is 50.7 Å². The van der Waals surface area contributed by atoms with E-state index >= 15 is 0 Å². The van der Waals surface area contributed by atoms with E-state index in [-0.39, 0.29) is 17.2 Å². The van der Waals surface area contributed by atoms with Gasteiger partial charge in [0.05, 0.1) is 38.5 Å². The van der Waals surface area contributed by atoms with Gasteiger partial charge in [0.15, 0.2) is 4.80 Å². The molecule has 0 fully saturated rings. The van der Waals surface area contributed by atoms with Gasteiger partial charge in [0.1, 0.15) is 11.5 Å². The number of esters is 1. The molecule has 0 unspecified atom stereocenters. The topological polar surface area (TPSA) is 111 Å². The van der Waals surface area contributed by atoms with Crippen molar-refractivity contribution in [2.45, 2.75) is 37.8 Å². The molecule has 1 aliphatic heterocycles. The number of ether oxygens (including phenoxy) is 1. The van der Waals surface area contributed by atoms with Crippen LogP contribution in [0.3, 0.4) is 0 Å². The van der Waals surface area contributed by atoms with Gasteiger partial charge >= 0.3 is 11.9 Å². The molecule has 2 aromatic heterocycles. The Morgan fingerprint density at radius 3 is 2.56 bits per heavy atom. The van der Waals surface area contributed by atoms with Crippen LogP contribution in [0.1, 0.15) is 48.5 Å². The van der Waals surface area contributed by atoms with Crippen LogP contribution in [0.4, 0.5) is 0 Å². The van der Waals surface area contributed by atoms with Crippen LogP contribution >= 0.6 is 34.7 Å². The van der Waals surface area contributed by atoms with Crippen LogP contribution in [0.5, 0.6) is 0 Å². The monoisotopic (exact) mass is 608 g/mol. The van der Waals surface area contributed by atoms with Crippen LogP contribution in [0.2, 0.25) is 5.02 Å². The summed E-state index contributed by atoms with van der Waals surface area (Å²) < 4.78 is 13.4. The number of hydrogen-bond acceptors (Lipinski definition) is 8. The van der Waals surface area contributed by atoms with Crippen molar-refractivity contribution in [2.75, 3.05) is 6.26 Å². The number of thiazole rings is 1. The maximum atomic E-state index is 13.8. The molecule has 1 aliphatic rings. The molecule has 0 aliphatic carbocycles. The third-order valence-electron chi connectivity index (χ3n) is 6.39. The van der Waals surface area contributed by atoms with Crippen LogP contribution in [-0.2, 0) is 9.53 Å². The van der Waals surface area contributed by atoms with E-state index in [0.717, 1.165) is 10.5 Å². The highest BCUT2D eigenvalue weighted by Crippen LogP contribution is 2.33. The lowest BCUT2D eigenvalue weighted by atomic mass is 9.96. The quantitative estimate of drug-likeness (QED) is 0.217. The Hall–Kier alpha value is -3.86. The third kappa shape index (κ3) is 5.68. The number of carbonyl (C=O) groups is 2. The van der Waals surface area contributed by atoms with Crippen LogP contribution in [0.25, 0.3) is 17.4 Å². The summed E-state index contributed by atoms with van der Waals surface area (Å²) in [5.41, 5.74) is 1.71. The lowest BCUT2D eigenvalue weighted by Gasteiger charge is -2.25. The number of carbonyl (C=O) groups excluding carboxylic acids is 1. The number of rotatable bonds is 7. The number of aromatic nitrogens is 1. The fourth-order valence-electron chi connectivity index (χ4n) is 4.51. The molecule has 0 spiro atoms. The van der Waals surface area contributed by atoms with Gasteiger partial charge in [0.2, 0.25) is 0 Å². The van der Waals surface area contributed by atoms with Crippen LogP contribution < -0.4 is 14.9 Å². The molecule has 0 radical (unpaired) electrons. The lowest BCUT2D eigenvalue weighted by Crippen LogP contribution is -2.40. The zero-order chi connectivity index (χ0) is 29.4. The van der Waals surface area contributed by atoms with Crippen molar-refractivity contribution in [1.29, 1.82) is 0 Å². The lowest BCUT2D eigenvalue weighted by molar-refractivity contribution is -0.143. The van der Waals surface area contributed by atoms with Gasteiger partial charge in [-0.25, -0.2) is 14.6 Å². The van der Waals surface area contributed by atoms with E-state index in [1.807, 2.05) is 30.5 Å². The fraction of sp³-hybridized carbons (Fsp3) is 0.200. The van der Waals surface area contributed by atoms with Crippen molar-refractivity contribution < 1.29 is 23.8 Å².